The Morgan fingerprint density at radius 2 is 2.00 bits per heavy atom. The Bertz CT molecular complexity index is 350. The minimum absolute atomic E-state index is 0.205. The molecule has 0 saturated carbocycles. The van der Waals surface area contributed by atoms with Crippen LogP contribution in [0.2, 0.25) is 0 Å². The van der Waals surface area contributed by atoms with E-state index in [9.17, 15) is 18.3 Å². The van der Waals surface area contributed by atoms with E-state index in [0.717, 1.165) is 6.07 Å². The molecular formula is C9H10F3NO2. The molecule has 3 N–H and O–H groups in total. The summed E-state index contributed by atoms with van der Waals surface area (Å²) in [6.45, 7) is 1.55. The van der Waals surface area contributed by atoms with Gasteiger partial charge in [-0.2, -0.15) is 0 Å². The largest absolute Gasteiger partial charge is 0.573 e. The number of benzene rings is 1. The minimum atomic E-state index is -4.83. The molecule has 0 amide bonds. The predicted octanol–water partition coefficient (Wildman–Crippen LogP) is 2.31. The van der Waals surface area contributed by atoms with Crippen molar-refractivity contribution in [3.05, 3.63) is 23.8 Å². The number of hydrogen-bond acceptors (Lipinski definition) is 3. The van der Waals surface area contributed by atoms with Crippen LogP contribution in [0.25, 0.3) is 0 Å². The summed E-state index contributed by atoms with van der Waals surface area (Å²) in [5.74, 6) is -1.22. The van der Waals surface area contributed by atoms with Gasteiger partial charge >= 0.3 is 6.36 Å². The van der Waals surface area contributed by atoms with Gasteiger partial charge in [0.25, 0.3) is 0 Å². The van der Waals surface area contributed by atoms with E-state index < -0.39 is 23.9 Å². The van der Waals surface area contributed by atoms with Crippen molar-refractivity contribution in [2.24, 2.45) is 5.73 Å². The van der Waals surface area contributed by atoms with Crippen molar-refractivity contribution in [2.45, 2.75) is 19.3 Å². The van der Waals surface area contributed by atoms with Gasteiger partial charge in [-0.15, -0.1) is 13.2 Å². The van der Waals surface area contributed by atoms with Crippen molar-refractivity contribution in [3.63, 3.8) is 0 Å². The number of rotatable bonds is 2. The molecule has 0 bridgehead atoms. The highest BCUT2D eigenvalue weighted by atomic mass is 19.4. The monoisotopic (exact) mass is 221 g/mol. The molecule has 6 heteroatoms. The maximum absolute atomic E-state index is 11.9. The molecule has 0 unspecified atom stereocenters. The first-order valence-corrected chi connectivity index (χ1v) is 4.14. The highest BCUT2D eigenvalue weighted by molar-refractivity contribution is 5.46. The molecule has 1 rings (SSSR count). The number of para-hydroxylation sites is 1. The molecule has 0 aliphatic rings. The van der Waals surface area contributed by atoms with Crippen LogP contribution in [0.1, 0.15) is 18.5 Å². The van der Waals surface area contributed by atoms with Gasteiger partial charge in [-0.1, -0.05) is 12.1 Å². The van der Waals surface area contributed by atoms with Gasteiger partial charge in [0, 0.05) is 11.6 Å². The minimum Gasteiger partial charge on any atom is -0.504 e. The summed E-state index contributed by atoms with van der Waals surface area (Å²) in [5.41, 5.74) is 5.66. The lowest BCUT2D eigenvalue weighted by Gasteiger charge is -2.14. The average Bonchev–Trinajstić information content (AvgIpc) is 2.05. The number of nitrogens with two attached hydrogens (primary N) is 1. The molecule has 0 fully saturated rings. The van der Waals surface area contributed by atoms with Gasteiger partial charge in [-0.05, 0) is 13.0 Å². The van der Waals surface area contributed by atoms with E-state index >= 15 is 0 Å². The van der Waals surface area contributed by atoms with Crippen LogP contribution >= 0.6 is 0 Å². The number of hydrogen-bond donors (Lipinski definition) is 2. The van der Waals surface area contributed by atoms with Crippen molar-refractivity contribution in [1.29, 1.82) is 0 Å². The molecule has 0 saturated heterocycles. The summed E-state index contributed by atoms with van der Waals surface area (Å²) in [7, 11) is 0. The van der Waals surface area contributed by atoms with Gasteiger partial charge < -0.3 is 15.6 Å². The van der Waals surface area contributed by atoms with Crippen LogP contribution in [0.3, 0.4) is 0 Å². The van der Waals surface area contributed by atoms with E-state index in [2.05, 4.69) is 4.74 Å². The lowest BCUT2D eigenvalue weighted by atomic mass is 10.1. The zero-order valence-electron chi connectivity index (χ0n) is 7.88. The first kappa shape index (κ1) is 11.6. The van der Waals surface area contributed by atoms with E-state index in [-0.39, 0.29) is 5.56 Å². The number of halogens is 3. The van der Waals surface area contributed by atoms with Gasteiger partial charge in [-0.3, -0.25) is 0 Å². The van der Waals surface area contributed by atoms with Crippen LogP contribution in [0.5, 0.6) is 11.5 Å². The predicted molar refractivity (Wildman–Crippen MR) is 47.4 cm³/mol. The van der Waals surface area contributed by atoms with Crippen molar-refractivity contribution < 1.29 is 23.0 Å². The van der Waals surface area contributed by atoms with Crippen LogP contribution in [-0.4, -0.2) is 11.5 Å². The normalized spacial score (nSPS) is 13.7. The van der Waals surface area contributed by atoms with Gasteiger partial charge in [0.05, 0.1) is 0 Å². The van der Waals surface area contributed by atoms with Crippen LogP contribution in [-0.2, 0) is 0 Å². The Morgan fingerprint density at radius 3 is 2.47 bits per heavy atom. The van der Waals surface area contributed by atoms with Crippen LogP contribution in [0.15, 0.2) is 18.2 Å². The SMILES string of the molecule is C[C@H](N)c1cccc(OC(F)(F)F)c1O. The van der Waals surface area contributed by atoms with E-state index in [1.165, 1.54) is 12.1 Å². The third kappa shape index (κ3) is 3.02. The number of alkyl halides is 3. The number of phenols is 1. The summed E-state index contributed by atoms with van der Waals surface area (Å²) >= 11 is 0. The molecule has 0 heterocycles. The fraction of sp³-hybridized carbons (Fsp3) is 0.333. The van der Waals surface area contributed by atoms with E-state index in [1.807, 2.05) is 0 Å². The molecule has 0 aromatic heterocycles. The Kier molecular flexibility index (Phi) is 3.09. The van der Waals surface area contributed by atoms with Crippen molar-refractivity contribution in [1.82, 2.24) is 0 Å². The molecule has 0 spiro atoms. The van der Waals surface area contributed by atoms with Gasteiger partial charge in [0.15, 0.2) is 11.5 Å². The van der Waals surface area contributed by atoms with Gasteiger partial charge in [0.1, 0.15) is 0 Å². The topological polar surface area (TPSA) is 55.5 Å². The van der Waals surface area contributed by atoms with Crippen LogP contribution < -0.4 is 10.5 Å². The molecule has 1 aromatic carbocycles. The second-order valence-electron chi connectivity index (χ2n) is 3.03. The highest BCUT2D eigenvalue weighted by Crippen LogP contribution is 2.35. The zero-order valence-corrected chi connectivity index (χ0v) is 7.88. The summed E-state index contributed by atoms with van der Waals surface area (Å²) in [6, 6.07) is 3.22. The molecule has 0 radical (unpaired) electrons. The Morgan fingerprint density at radius 1 is 1.40 bits per heavy atom. The molecule has 0 aliphatic carbocycles. The van der Waals surface area contributed by atoms with E-state index in [0.29, 0.717) is 0 Å². The Balaban J connectivity index is 3.05. The van der Waals surface area contributed by atoms with Crippen LogP contribution in [0, 0.1) is 0 Å². The molecule has 15 heavy (non-hydrogen) atoms. The standard InChI is InChI=1S/C9H10F3NO2/c1-5(13)6-3-2-4-7(8(6)14)15-9(10,11)12/h2-5,14H,13H2,1H3/t5-/m0/s1. The second kappa shape index (κ2) is 3.98. The van der Waals surface area contributed by atoms with Crippen LogP contribution in [0.4, 0.5) is 13.2 Å². The summed E-state index contributed by atoms with van der Waals surface area (Å²) in [4.78, 5) is 0. The molecule has 3 nitrogen and oxygen atoms in total. The highest BCUT2D eigenvalue weighted by Gasteiger charge is 2.32. The molecule has 0 aliphatic heterocycles. The first-order valence-electron chi connectivity index (χ1n) is 4.14. The fourth-order valence-electron chi connectivity index (χ4n) is 1.11. The first-order chi connectivity index (χ1) is 6.81. The van der Waals surface area contributed by atoms with Crippen molar-refractivity contribution >= 4 is 0 Å². The Labute approximate surface area is 84.3 Å². The average molecular weight is 221 g/mol. The molecule has 1 aromatic rings. The van der Waals surface area contributed by atoms with Crippen molar-refractivity contribution in [3.8, 4) is 11.5 Å². The molecule has 1 atom stereocenters. The summed E-state index contributed by atoms with van der Waals surface area (Å²) in [5, 5.41) is 9.42. The smallest absolute Gasteiger partial charge is 0.504 e. The number of aromatic hydroxyl groups is 1. The maximum Gasteiger partial charge on any atom is 0.573 e. The summed E-state index contributed by atoms with van der Waals surface area (Å²) in [6.07, 6.45) is -4.83. The molecule has 84 valence electrons. The zero-order chi connectivity index (χ0) is 11.6. The third-order valence-corrected chi connectivity index (χ3v) is 1.75. The van der Waals surface area contributed by atoms with Gasteiger partial charge in [0.2, 0.25) is 0 Å². The van der Waals surface area contributed by atoms with Gasteiger partial charge in [-0.25, -0.2) is 0 Å². The maximum atomic E-state index is 11.9. The molecular weight excluding hydrogens is 211 g/mol. The second-order valence-corrected chi connectivity index (χ2v) is 3.03. The summed E-state index contributed by atoms with van der Waals surface area (Å²) < 4.78 is 39.3. The van der Waals surface area contributed by atoms with E-state index in [1.54, 1.807) is 6.92 Å². The van der Waals surface area contributed by atoms with Crippen molar-refractivity contribution in [2.75, 3.05) is 0 Å². The quantitative estimate of drug-likeness (QED) is 0.805. The number of phenolic OH excluding ortho intramolecular Hbond substituents is 1. The van der Waals surface area contributed by atoms with E-state index in [4.69, 9.17) is 5.73 Å². The lowest BCUT2D eigenvalue weighted by Crippen LogP contribution is -2.17. The lowest BCUT2D eigenvalue weighted by molar-refractivity contribution is -0.275. The number of ether oxygens (including phenoxy) is 1. The Hall–Kier alpha value is -1.43. The third-order valence-electron chi connectivity index (χ3n) is 1.75. The fourth-order valence-corrected chi connectivity index (χ4v) is 1.11.